The molecule has 1 aromatic heterocycles. The van der Waals surface area contributed by atoms with E-state index >= 15 is 0 Å². The first-order valence-electron chi connectivity index (χ1n) is 8.48. The summed E-state index contributed by atoms with van der Waals surface area (Å²) in [5, 5.41) is 11.2. The SMILES string of the molecule is CC(C)Sc1[nH+]c(N2CCCC2)c2c(c1C#N)CC(C)(C)OC2. The molecule has 0 spiro atoms. The van der Waals surface area contributed by atoms with Crippen molar-refractivity contribution in [1.82, 2.24) is 0 Å². The highest BCUT2D eigenvalue weighted by Gasteiger charge is 2.36. The standard InChI is InChI=1S/C18H25N3OS/c1-12(2)23-17-14(10-19)13-9-18(3,4)22-11-15(13)16(20-17)21-7-5-6-8-21/h12H,5-9,11H2,1-4H3/p+1. The van der Waals surface area contributed by atoms with Gasteiger partial charge in [-0.3, -0.25) is 4.90 Å². The van der Waals surface area contributed by atoms with Gasteiger partial charge in [-0.05, 0) is 32.3 Å². The van der Waals surface area contributed by atoms with E-state index < -0.39 is 0 Å². The molecular formula is C18H26N3OS+. The van der Waals surface area contributed by atoms with Gasteiger partial charge in [0.25, 0.3) is 5.82 Å². The normalized spacial score (nSPS) is 19.7. The van der Waals surface area contributed by atoms with Crippen LogP contribution in [0, 0.1) is 11.3 Å². The number of nitriles is 1. The summed E-state index contributed by atoms with van der Waals surface area (Å²) in [5.74, 6) is 1.18. The molecule has 23 heavy (non-hydrogen) atoms. The highest BCUT2D eigenvalue weighted by atomic mass is 32.2. The average molecular weight is 332 g/mol. The fraction of sp³-hybridized carbons (Fsp3) is 0.667. The summed E-state index contributed by atoms with van der Waals surface area (Å²) in [7, 11) is 0. The second-order valence-electron chi connectivity index (χ2n) is 7.33. The van der Waals surface area contributed by atoms with Gasteiger partial charge in [0.05, 0.1) is 30.9 Å². The maximum absolute atomic E-state index is 9.78. The molecule has 0 bridgehead atoms. The Morgan fingerprint density at radius 1 is 1.26 bits per heavy atom. The monoisotopic (exact) mass is 332 g/mol. The lowest BCUT2D eigenvalue weighted by Crippen LogP contribution is -2.37. The second-order valence-corrected chi connectivity index (χ2v) is 8.92. The van der Waals surface area contributed by atoms with Gasteiger partial charge >= 0.3 is 0 Å². The number of H-pyrrole nitrogens is 1. The number of thioether (sulfide) groups is 1. The van der Waals surface area contributed by atoms with Crippen molar-refractivity contribution in [1.29, 1.82) is 5.26 Å². The first-order chi connectivity index (χ1) is 10.9. The summed E-state index contributed by atoms with van der Waals surface area (Å²) in [5.41, 5.74) is 2.99. The van der Waals surface area contributed by atoms with Gasteiger partial charge in [0, 0.05) is 11.7 Å². The van der Waals surface area contributed by atoms with Gasteiger partial charge in [-0.2, -0.15) is 5.26 Å². The summed E-state index contributed by atoms with van der Waals surface area (Å²) in [6.07, 6.45) is 3.27. The maximum Gasteiger partial charge on any atom is 0.281 e. The van der Waals surface area contributed by atoms with Crippen molar-refractivity contribution in [3.63, 3.8) is 0 Å². The smallest absolute Gasteiger partial charge is 0.281 e. The van der Waals surface area contributed by atoms with Crippen LogP contribution in [0.4, 0.5) is 5.82 Å². The number of hydrogen-bond acceptors (Lipinski definition) is 4. The van der Waals surface area contributed by atoms with Crippen LogP contribution in [0.5, 0.6) is 0 Å². The molecule has 4 nitrogen and oxygen atoms in total. The number of nitrogens with one attached hydrogen (secondary N) is 1. The molecule has 0 atom stereocenters. The van der Waals surface area contributed by atoms with Crippen molar-refractivity contribution in [3.05, 3.63) is 16.7 Å². The van der Waals surface area contributed by atoms with Gasteiger partial charge in [0.2, 0.25) is 0 Å². The molecule has 1 N–H and O–H groups in total. The Labute approximate surface area is 143 Å². The number of pyridine rings is 1. The number of anilines is 1. The van der Waals surface area contributed by atoms with E-state index in [-0.39, 0.29) is 5.60 Å². The zero-order chi connectivity index (χ0) is 16.6. The van der Waals surface area contributed by atoms with E-state index in [0.29, 0.717) is 11.9 Å². The van der Waals surface area contributed by atoms with E-state index in [2.05, 4.69) is 43.6 Å². The molecule has 0 radical (unpaired) electrons. The molecule has 2 aliphatic rings. The fourth-order valence-electron chi connectivity index (χ4n) is 3.42. The van der Waals surface area contributed by atoms with Crippen molar-refractivity contribution in [2.45, 2.75) is 69.4 Å². The third-order valence-corrected chi connectivity index (χ3v) is 5.52. The molecular weight excluding hydrogens is 306 g/mol. The minimum Gasteiger partial charge on any atom is -0.370 e. The van der Waals surface area contributed by atoms with Crippen LogP contribution in [0.2, 0.25) is 0 Å². The third-order valence-electron chi connectivity index (χ3n) is 4.51. The van der Waals surface area contributed by atoms with E-state index in [1.807, 2.05) is 0 Å². The van der Waals surface area contributed by atoms with Crippen LogP contribution < -0.4 is 9.88 Å². The lowest BCUT2D eigenvalue weighted by atomic mass is 9.89. The van der Waals surface area contributed by atoms with Crippen molar-refractivity contribution in [2.75, 3.05) is 18.0 Å². The van der Waals surface area contributed by atoms with Crippen LogP contribution in [-0.2, 0) is 17.8 Å². The summed E-state index contributed by atoms with van der Waals surface area (Å²) >= 11 is 1.75. The Kier molecular flexibility index (Phi) is 4.57. The molecule has 1 fully saturated rings. The molecule has 2 aliphatic heterocycles. The van der Waals surface area contributed by atoms with Crippen LogP contribution in [0.3, 0.4) is 0 Å². The van der Waals surface area contributed by atoms with Crippen LogP contribution >= 0.6 is 11.8 Å². The molecule has 3 heterocycles. The molecule has 0 aliphatic carbocycles. The number of aromatic nitrogens is 1. The molecule has 124 valence electrons. The van der Waals surface area contributed by atoms with Gasteiger partial charge in [-0.25, -0.2) is 4.98 Å². The summed E-state index contributed by atoms with van der Waals surface area (Å²) in [6, 6.07) is 2.46. The number of fused-ring (bicyclic) bond motifs is 1. The van der Waals surface area contributed by atoms with Crippen LogP contribution in [-0.4, -0.2) is 23.9 Å². The summed E-state index contributed by atoms with van der Waals surface area (Å²) < 4.78 is 6.05. The van der Waals surface area contributed by atoms with Crippen molar-refractivity contribution in [2.24, 2.45) is 0 Å². The number of nitrogens with zero attached hydrogens (tertiary/aromatic N) is 2. The Morgan fingerprint density at radius 3 is 2.57 bits per heavy atom. The zero-order valence-electron chi connectivity index (χ0n) is 14.5. The Morgan fingerprint density at radius 2 is 1.96 bits per heavy atom. The van der Waals surface area contributed by atoms with E-state index in [4.69, 9.17) is 4.74 Å². The number of rotatable bonds is 3. The van der Waals surface area contributed by atoms with Crippen molar-refractivity contribution in [3.8, 4) is 6.07 Å². The van der Waals surface area contributed by atoms with Crippen LogP contribution in [0.15, 0.2) is 5.03 Å². The quantitative estimate of drug-likeness (QED) is 0.797. The predicted molar refractivity (Wildman–Crippen MR) is 92.7 cm³/mol. The zero-order valence-corrected chi connectivity index (χ0v) is 15.3. The lowest BCUT2D eigenvalue weighted by molar-refractivity contribution is -0.414. The summed E-state index contributed by atoms with van der Waals surface area (Å²) in [6.45, 7) is 11.3. The van der Waals surface area contributed by atoms with Gasteiger partial charge in [0.1, 0.15) is 11.6 Å². The van der Waals surface area contributed by atoms with Gasteiger partial charge < -0.3 is 4.74 Å². The third kappa shape index (κ3) is 3.34. The molecule has 1 saturated heterocycles. The topological polar surface area (TPSA) is 50.4 Å². The van der Waals surface area contributed by atoms with E-state index in [1.165, 1.54) is 29.8 Å². The number of aromatic amines is 1. The van der Waals surface area contributed by atoms with Crippen molar-refractivity contribution < 1.29 is 9.72 Å². The van der Waals surface area contributed by atoms with Crippen LogP contribution in [0.25, 0.3) is 0 Å². The summed E-state index contributed by atoms with van der Waals surface area (Å²) in [4.78, 5) is 6.00. The lowest BCUT2D eigenvalue weighted by Gasteiger charge is -2.33. The van der Waals surface area contributed by atoms with Gasteiger partial charge in [0.15, 0.2) is 5.03 Å². The molecule has 0 saturated carbocycles. The Balaban J connectivity index is 2.15. The maximum atomic E-state index is 9.78. The first-order valence-corrected chi connectivity index (χ1v) is 9.36. The minimum absolute atomic E-state index is 0.206. The Hall–Kier alpha value is -1.25. The van der Waals surface area contributed by atoms with E-state index in [0.717, 1.165) is 30.1 Å². The molecule has 3 rings (SSSR count). The predicted octanol–water partition coefficient (Wildman–Crippen LogP) is 3.32. The molecule has 0 aromatic carbocycles. The molecule has 0 amide bonds. The molecule has 0 unspecified atom stereocenters. The average Bonchev–Trinajstić information content (AvgIpc) is 2.98. The largest absolute Gasteiger partial charge is 0.370 e. The number of hydrogen-bond donors (Lipinski definition) is 0. The van der Waals surface area contributed by atoms with E-state index in [1.54, 1.807) is 11.8 Å². The van der Waals surface area contributed by atoms with Gasteiger partial charge in [-0.1, -0.05) is 25.6 Å². The van der Waals surface area contributed by atoms with Gasteiger partial charge in [-0.15, -0.1) is 0 Å². The molecule has 1 aromatic rings. The number of ether oxygens (including phenoxy) is 1. The Bertz CT molecular complexity index is 643. The van der Waals surface area contributed by atoms with Crippen molar-refractivity contribution >= 4 is 17.6 Å². The van der Waals surface area contributed by atoms with Crippen LogP contribution in [0.1, 0.15) is 57.2 Å². The molecule has 5 heteroatoms. The fourth-order valence-corrected chi connectivity index (χ4v) is 4.34. The highest BCUT2D eigenvalue weighted by Crippen LogP contribution is 2.37. The highest BCUT2D eigenvalue weighted by molar-refractivity contribution is 7.99. The minimum atomic E-state index is -0.206. The second kappa shape index (κ2) is 6.33. The first kappa shape index (κ1) is 16.6. The van der Waals surface area contributed by atoms with E-state index in [9.17, 15) is 5.26 Å².